The quantitative estimate of drug-likeness (QED) is 0.457. The maximum absolute atomic E-state index is 5.37. The summed E-state index contributed by atoms with van der Waals surface area (Å²) >= 11 is 0. The van der Waals surface area contributed by atoms with Gasteiger partial charge in [0.2, 0.25) is 0 Å². The van der Waals surface area contributed by atoms with E-state index in [1.54, 1.807) is 14.2 Å². The standard InChI is InChI=1S/C26H30O2/c1-6-18-17-25(19-9-13-21(27-4)14-10-19)24(8-3)26(23(18)7-2)20-11-15-22(28-5)16-12-20/h9-17H,6-8H2,1-5H3. The first-order chi connectivity index (χ1) is 13.7. The van der Waals surface area contributed by atoms with E-state index in [1.165, 1.54) is 38.9 Å². The van der Waals surface area contributed by atoms with Crippen LogP contribution in [0.3, 0.4) is 0 Å². The lowest BCUT2D eigenvalue weighted by Crippen LogP contribution is -2.03. The van der Waals surface area contributed by atoms with E-state index in [-0.39, 0.29) is 0 Å². The van der Waals surface area contributed by atoms with Crippen molar-refractivity contribution in [1.29, 1.82) is 0 Å². The number of methoxy groups -OCH3 is 2. The molecule has 3 rings (SSSR count). The Labute approximate surface area is 169 Å². The van der Waals surface area contributed by atoms with Crippen molar-refractivity contribution >= 4 is 0 Å². The summed E-state index contributed by atoms with van der Waals surface area (Å²) in [5, 5.41) is 0. The van der Waals surface area contributed by atoms with Crippen LogP contribution in [0.4, 0.5) is 0 Å². The van der Waals surface area contributed by atoms with E-state index in [9.17, 15) is 0 Å². The van der Waals surface area contributed by atoms with Crippen molar-refractivity contribution < 1.29 is 9.47 Å². The smallest absolute Gasteiger partial charge is 0.118 e. The van der Waals surface area contributed by atoms with E-state index in [2.05, 4.69) is 63.2 Å². The lowest BCUT2D eigenvalue weighted by atomic mass is 9.82. The molecule has 2 heteroatoms. The lowest BCUT2D eigenvalue weighted by molar-refractivity contribution is 0.415. The largest absolute Gasteiger partial charge is 0.497 e. The van der Waals surface area contributed by atoms with Gasteiger partial charge in [0.15, 0.2) is 0 Å². The van der Waals surface area contributed by atoms with Gasteiger partial charge in [-0.2, -0.15) is 0 Å². The zero-order chi connectivity index (χ0) is 20.1. The highest BCUT2D eigenvalue weighted by Gasteiger charge is 2.18. The van der Waals surface area contributed by atoms with Gasteiger partial charge < -0.3 is 9.47 Å². The van der Waals surface area contributed by atoms with Crippen molar-refractivity contribution in [3.8, 4) is 33.8 Å². The third kappa shape index (κ3) is 3.77. The van der Waals surface area contributed by atoms with Crippen LogP contribution in [-0.4, -0.2) is 14.2 Å². The van der Waals surface area contributed by atoms with Crippen molar-refractivity contribution in [3.63, 3.8) is 0 Å². The molecule has 0 aliphatic carbocycles. The van der Waals surface area contributed by atoms with Crippen molar-refractivity contribution in [3.05, 3.63) is 71.3 Å². The summed E-state index contributed by atoms with van der Waals surface area (Å²) in [7, 11) is 3.42. The average Bonchev–Trinajstić information content (AvgIpc) is 2.77. The molecule has 0 saturated heterocycles. The summed E-state index contributed by atoms with van der Waals surface area (Å²) in [6, 6.07) is 19.3. The molecule has 0 aromatic heterocycles. The molecule has 0 aliphatic heterocycles. The highest BCUT2D eigenvalue weighted by Crippen LogP contribution is 2.39. The Morgan fingerprint density at radius 3 is 1.54 bits per heavy atom. The fourth-order valence-electron chi connectivity index (χ4n) is 4.05. The molecule has 146 valence electrons. The van der Waals surface area contributed by atoms with Gasteiger partial charge >= 0.3 is 0 Å². The van der Waals surface area contributed by atoms with Crippen molar-refractivity contribution in [2.24, 2.45) is 0 Å². The molecule has 0 atom stereocenters. The summed E-state index contributed by atoms with van der Waals surface area (Å²) < 4.78 is 10.7. The molecule has 3 aromatic rings. The highest BCUT2D eigenvalue weighted by atomic mass is 16.5. The van der Waals surface area contributed by atoms with Crippen LogP contribution >= 0.6 is 0 Å². The van der Waals surface area contributed by atoms with E-state index in [1.807, 2.05) is 12.1 Å². The van der Waals surface area contributed by atoms with Crippen molar-refractivity contribution in [1.82, 2.24) is 0 Å². The first-order valence-corrected chi connectivity index (χ1v) is 10.1. The van der Waals surface area contributed by atoms with Crippen LogP contribution in [0.2, 0.25) is 0 Å². The molecule has 0 heterocycles. The van der Waals surface area contributed by atoms with E-state index < -0.39 is 0 Å². The summed E-state index contributed by atoms with van der Waals surface area (Å²) in [6.07, 6.45) is 3.04. The van der Waals surface area contributed by atoms with E-state index in [0.717, 1.165) is 30.8 Å². The molecule has 0 radical (unpaired) electrons. The molecule has 28 heavy (non-hydrogen) atoms. The molecule has 0 aliphatic rings. The number of rotatable bonds is 7. The number of hydrogen-bond donors (Lipinski definition) is 0. The van der Waals surface area contributed by atoms with E-state index >= 15 is 0 Å². The average molecular weight is 375 g/mol. The fraction of sp³-hybridized carbons (Fsp3) is 0.308. The summed E-state index contributed by atoms with van der Waals surface area (Å²) in [4.78, 5) is 0. The van der Waals surface area contributed by atoms with Crippen molar-refractivity contribution in [2.75, 3.05) is 14.2 Å². The van der Waals surface area contributed by atoms with E-state index in [4.69, 9.17) is 9.47 Å². The van der Waals surface area contributed by atoms with Gasteiger partial charge in [-0.25, -0.2) is 0 Å². The minimum absolute atomic E-state index is 0.887. The Hall–Kier alpha value is -2.74. The summed E-state index contributed by atoms with van der Waals surface area (Å²) in [5.74, 6) is 1.78. The van der Waals surface area contributed by atoms with Crippen LogP contribution in [0.1, 0.15) is 37.5 Å². The minimum Gasteiger partial charge on any atom is -0.497 e. The van der Waals surface area contributed by atoms with Crippen LogP contribution in [0.5, 0.6) is 11.5 Å². The van der Waals surface area contributed by atoms with Gasteiger partial charge in [-0.3, -0.25) is 0 Å². The van der Waals surface area contributed by atoms with E-state index in [0.29, 0.717) is 0 Å². The predicted molar refractivity (Wildman–Crippen MR) is 119 cm³/mol. The minimum atomic E-state index is 0.887. The molecule has 0 unspecified atom stereocenters. The van der Waals surface area contributed by atoms with Crippen LogP contribution in [0, 0.1) is 0 Å². The Kier molecular flexibility index (Phi) is 6.41. The molecular formula is C26H30O2. The second-order valence-corrected chi connectivity index (χ2v) is 6.93. The predicted octanol–water partition coefficient (Wildman–Crippen LogP) is 6.73. The van der Waals surface area contributed by atoms with Crippen LogP contribution in [-0.2, 0) is 19.3 Å². The maximum atomic E-state index is 5.37. The van der Waals surface area contributed by atoms with Gasteiger partial charge in [0, 0.05) is 0 Å². The van der Waals surface area contributed by atoms with Crippen molar-refractivity contribution in [2.45, 2.75) is 40.0 Å². The lowest BCUT2D eigenvalue weighted by Gasteiger charge is -2.22. The molecule has 0 spiro atoms. The Morgan fingerprint density at radius 1 is 0.607 bits per heavy atom. The van der Waals surface area contributed by atoms with Gasteiger partial charge in [-0.15, -0.1) is 0 Å². The van der Waals surface area contributed by atoms with Gasteiger partial charge in [-0.05, 0) is 82.5 Å². The normalized spacial score (nSPS) is 10.8. The molecule has 0 saturated carbocycles. The van der Waals surface area contributed by atoms with Gasteiger partial charge in [-0.1, -0.05) is 51.1 Å². The first kappa shape index (κ1) is 20.0. The summed E-state index contributed by atoms with van der Waals surface area (Å²) in [5.41, 5.74) is 9.51. The van der Waals surface area contributed by atoms with Gasteiger partial charge in [0.25, 0.3) is 0 Å². The monoisotopic (exact) mass is 374 g/mol. The van der Waals surface area contributed by atoms with Crippen LogP contribution in [0.25, 0.3) is 22.3 Å². The van der Waals surface area contributed by atoms with Crippen LogP contribution in [0.15, 0.2) is 54.6 Å². The molecule has 0 fully saturated rings. The molecule has 0 N–H and O–H groups in total. The number of ether oxygens (including phenoxy) is 2. The third-order valence-corrected chi connectivity index (χ3v) is 5.50. The fourth-order valence-corrected chi connectivity index (χ4v) is 4.05. The Bertz CT molecular complexity index is 922. The second-order valence-electron chi connectivity index (χ2n) is 6.93. The SMILES string of the molecule is CCc1cc(-c2ccc(OC)cc2)c(CC)c(-c2ccc(OC)cc2)c1CC. The Morgan fingerprint density at radius 2 is 1.11 bits per heavy atom. The molecule has 2 nitrogen and oxygen atoms in total. The number of benzene rings is 3. The maximum Gasteiger partial charge on any atom is 0.118 e. The zero-order valence-electron chi connectivity index (χ0n) is 17.6. The topological polar surface area (TPSA) is 18.5 Å². The zero-order valence-corrected chi connectivity index (χ0v) is 17.6. The number of hydrogen-bond acceptors (Lipinski definition) is 2. The molecular weight excluding hydrogens is 344 g/mol. The van der Waals surface area contributed by atoms with Crippen LogP contribution < -0.4 is 9.47 Å². The third-order valence-electron chi connectivity index (χ3n) is 5.50. The number of aryl methyl sites for hydroxylation is 1. The Balaban J connectivity index is 2.28. The first-order valence-electron chi connectivity index (χ1n) is 10.1. The molecule has 3 aromatic carbocycles. The molecule has 0 bridgehead atoms. The highest BCUT2D eigenvalue weighted by molar-refractivity contribution is 5.82. The molecule has 0 amide bonds. The summed E-state index contributed by atoms with van der Waals surface area (Å²) in [6.45, 7) is 6.75. The van der Waals surface area contributed by atoms with Gasteiger partial charge in [0.1, 0.15) is 11.5 Å². The van der Waals surface area contributed by atoms with Gasteiger partial charge in [0.05, 0.1) is 14.2 Å². The second kappa shape index (κ2) is 8.97.